The number of benzene rings is 1. The summed E-state index contributed by atoms with van der Waals surface area (Å²) >= 11 is 6.10. The van der Waals surface area contributed by atoms with Gasteiger partial charge in [-0.05, 0) is 43.7 Å². The second kappa shape index (κ2) is 10.1. The highest BCUT2D eigenvalue weighted by Crippen LogP contribution is 2.23. The molecule has 1 aliphatic heterocycles. The lowest BCUT2D eigenvalue weighted by Crippen LogP contribution is -2.45. The maximum absolute atomic E-state index is 12.1. The minimum Gasteiger partial charge on any atom is -0.369 e. The minimum absolute atomic E-state index is 0.0842. The van der Waals surface area contributed by atoms with Gasteiger partial charge >= 0.3 is 0 Å². The van der Waals surface area contributed by atoms with Crippen LogP contribution in [0.3, 0.4) is 0 Å². The monoisotopic (exact) mass is 414 g/mol. The number of carbonyl (C=O) groups is 1. The van der Waals surface area contributed by atoms with Crippen LogP contribution in [0.15, 0.2) is 47.5 Å². The molecule has 0 saturated carbocycles. The Morgan fingerprint density at radius 2 is 2.14 bits per heavy atom. The number of nitrogens with one attached hydrogen (secondary N) is 3. The van der Waals surface area contributed by atoms with Crippen LogP contribution in [-0.4, -0.2) is 49.6 Å². The number of hydrogen-bond donors (Lipinski definition) is 3. The average Bonchev–Trinajstić information content (AvgIpc) is 3.16. The van der Waals surface area contributed by atoms with E-state index in [1.165, 1.54) is 0 Å². The topological polar surface area (TPSA) is 81.6 Å². The summed E-state index contributed by atoms with van der Waals surface area (Å²) in [4.78, 5) is 22.9. The third-order valence-electron chi connectivity index (χ3n) is 4.73. The fraction of sp³-hybridized carbons (Fsp3) is 0.381. The number of anilines is 2. The number of pyridine rings is 1. The molecule has 0 bridgehead atoms. The van der Waals surface area contributed by atoms with Crippen LogP contribution in [-0.2, 0) is 4.79 Å². The van der Waals surface area contributed by atoms with Crippen molar-refractivity contribution in [1.29, 1.82) is 0 Å². The zero-order valence-corrected chi connectivity index (χ0v) is 17.5. The van der Waals surface area contributed by atoms with E-state index < -0.39 is 0 Å². The predicted molar refractivity (Wildman–Crippen MR) is 119 cm³/mol. The highest BCUT2D eigenvalue weighted by molar-refractivity contribution is 6.30. The Kier molecular flexibility index (Phi) is 7.30. The van der Waals surface area contributed by atoms with Gasteiger partial charge in [0.05, 0.1) is 0 Å². The molecule has 3 N–H and O–H groups in total. The van der Waals surface area contributed by atoms with Crippen molar-refractivity contribution in [1.82, 2.24) is 15.6 Å². The largest absolute Gasteiger partial charge is 0.369 e. The minimum atomic E-state index is -0.0842. The standard InChI is InChI=1S/C21H27ClN6O/c1-15-5-3-8-19(25-15)27-20(29)9-11-24-21(23-2)26-17-10-12-28(14-17)18-7-4-6-16(22)13-18/h3-8,13,17H,9-12,14H2,1-2H3,(H2,23,24,26)(H,25,27,29). The summed E-state index contributed by atoms with van der Waals surface area (Å²) in [5.74, 6) is 1.19. The van der Waals surface area contributed by atoms with Crippen molar-refractivity contribution in [3.63, 3.8) is 0 Å². The zero-order chi connectivity index (χ0) is 20.6. The molecule has 0 aliphatic carbocycles. The number of aryl methyl sites for hydroxylation is 1. The average molecular weight is 415 g/mol. The molecule has 1 aliphatic rings. The molecule has 7 nitrogen and oxygen atoms in total. The van der Waals surface area contributed by atoms with Gasteiger partial charge in [-0.1, -0.05) is 23.7 Å². The van der Waals surface area contributed by atoms with Crippen molar-refractivity contribution in [3.05, 3.63) is 53.2 Å². The number of nitrogens with zero attached hydrogens (tertiary/aromatic N) is 3. The second-order valence-corrected chi connectivity index (χ2v) is 7.45. The summed E-state index contributed by atoms with van der Waals surface area (Å²) in [5.41, 5.74) is 2.00. The smallest absolute Gasteiger partial charge is 0.227 e. The molecule has 1 saturated heterocycles. The summed E-state index contributed by atoms with van der Waals surface area (Å²) in [5, 5.41) is 10.2. The van der Waals surface area contributed by atoms with Gasteiger partial charge in [-0.3, -0.25) is 9.79 Å². The molecular weight excluding hydrogens is 388 g/mol. The number of halogens is 1. The fourth-order valence-electron chi connectivity index (χ4n) is 3.29. The summed E-state index contributed by atoms with van der Waals surface area (Å²) < 4.78 is 0. The van der Waals surface area contributed by atoms with E-state index in [1.807, 2.05) is 37.3 Å². The molecular formula is C21H27ClN6O. The van der Waals surface area contributed by atoms with Crippen molar-refractivity contribution in [2.24, 2.45) is 4.99 Å². The quantitative estimate of drug-likeness (QED) is 0.500. The molecule has 1 amide bonds. The van der Waals surface area contributed by atoms with Gasteiger partial charge in [-0.15, -0.1) is 0 Å². The van der Waals surface area contributed by atoms with Crippen LogP contribution in [0.25, 0.3) is 0 Å². The van der Waals surface area contributed by atoms with E-state index >= 15 is 0 Å². The van der Waals surface area contributed by atoms with E-state index in [0.717, 1.165) is 35.9 Å². The SMILES string of the molecule is CN=C(NCCC(=O)Nc1cccc(C)n1)NC1CCN(c2cccc(Cl)c2)C1. The van der Waals surface area contributed by atoms with E-state index in [-0.39, 0.29) is 11.9 Å². The zero-order valence-electron chi connectivity index (χ0n) is 16.8. The van der Waals surface area contributed by atoms with Gasteiger partial charge in [0, 0.05) is 55.5 Å². The number of guanidine groups is 1. The number of carbonyl (C=O) groups excluding carboxylic acids is 1. The molecule has 1 fully saturated rings. The lowest BCUT2D eigenvalue weighted by atomic mass is 10.2. The molecule has 0 spiro atoms. The first kappa shape index (κ1) is 20.9. The summed E-state index contributed by atoms with van der Waals surface area (Å²) in [7, 11) is 1.73. The first-order chi connectivity index (χ1) is 14.0. The first-order valence-electron chi connectivity index (χ1n) is 9.74. The number of aliphatic imine (C=N–C) groups is 1. The van der Waals surface area contributed by atoms with Gasteiger partial charge < -0.3 is 20.9 Å². The Morgan fingerprint density at radius 3 is 2.90 bits per heavy atom. The summed E-state index contributed by atoms with van der Waals surface area (Å²) in [6.07, 6.45) is 1.34. The van der Waals surface area contributed by atoms with Crippen molar-refractivity contribution in [3.8, 4) is 0 Å². The maximum Gasteiger partial charge on any atom is 0.227 e. The van der Waals surface area contributed by atoms with Gasteiger partial charge in [-0.2, -0.15) is 0 Å². The molecule has 1 aromatic heterocycles. The molecule has 1 unspecified atom stereocenters. The van der Waals surface area contributed by atoms with Gasteiger partial charge in [0.25, 0.3) is 0 Å². The van der Waals surface area contributed by atoms with E-state index in [9.17, 15) is 4.79 Å². The van der Waals surface area contributed by atoms with Crippen LogP contribution in [0, 0.1) is 6.92 Å². The van der Waals surface area contributed by atoms with Crippen molar-refractivity contribution < 1.29 is 4.79 Å². The number of amides is 1. The van der Waals surface area contributed by atoms with Crippen molar-refractivity contribution in [2.75, 3.05) is 36.9 Å². The van der Waals surface area contributed by atoms with Gasteiger partial charge in [0.2, 0.25) is 5.91 Å². The second-order valence-electron chi connectivity index (χ2n) is 7.02. The Morgan fingerprint density at radius 1 is 1.31 bits per heavy atom. The Bertz CT molecular complexity index is 872. The van der Waals surface area contributed by atoms with Crippen molar-refractivity contribution >= 4 is 35.0 Å². The molecule has 29 heavy (non-hydrogen) atoms. The fourth-order valence-corrected chi connectivity index (χ4v) is 3.47. The van der Waals surface area contributed by atoms with Crippen LogP contribution in [0.1, 0.15) is 18.5 Å². The molecule has 0 radical (unpaired) electrons. The Hall–Kier alpha value is -2.80. The van der Waals surface area contributed by atoms with E-state index in [0.29, 0.717) is 24.7 Å². The predicted octanol–water partition coefficient (Wildman–Crippen LogP) is 2.82. The number of hydrogen-bond acceptors (Lipinski definition) is 4. The molecule has 1 aromatic carbocycles. The molecule has 1 atom stereocenters. The van der Waals surface area contributed by atoms with Crippen LogP contribution in [0.4, 0.5) is 11.5 Å². The van der Waals surface area contributed by atoms with Crippen LogP contribution in [0.2, 0.25) is 5.02 Å². The van der Waals surface area contributed by atoms with Gasteiger partial charge in [0.1, 0.15) is 5.82 Å². The normalized spacial score (nSPS) is 16.6. The first-order valence-corrected chi connectivity index (χ1v) is 10.1. The lowest BCUT2D eigenvalue weighted by molar-refractivity contribution is -0.116. The van der Waals surface area contributed by atoms with Crippen LogP contribution in [0.5, 0.6) is 0 Å². The molecule has 2 heterocycles. The third-order valence-corrected chi connectivity index (χ3v) is 4.96. The van der Waals surface area contributed by atoms with Crippen LogP contribution >= 0.6 is 11.6 Å². The number of rotatable bonds is 6. The molecule has 154 valence electrons. The van der Waals surface area contributed by atoms with E-state index in [1.54, 1.807) is 13.1 Å². The highest BCUT2D eigenvalue weighted by atomic mass is 35.5. The lowest BCUT2D eigenvalue weighted by Gasteiger charge is -2.20. The molecule has 3 rings (SSSR count). The van der Waals surface area contributed by atoms with E-state index in [2.05, 4.69) is 36.9 Å². The van der Waals surface area contributed by atoms with Gasteiger partial charge in [0.15, 0.2) is 5.96 Å². The Labute approximate surface area is 176 Å². The molecule has 2 aromatic rings. The summed E-state index contributed by atoms with van der Waals surface area (Å²) in [6.45, 7) is 4.22. The number of aromatic nitrogens is 1. The van der Waals surface area contributed by atoms with Crippen molar-refractivity contribution in [2.45, 2.75) is 25.8 Å². The maximum atomic E-state index is 12.1. The highest BCUT2D eigenvalue weighted by Gasteiger charge is 2.23. The van der Waals surface area contributed by atoms with Crippen LogP contribution < -0.4 is 20.9 Å². The van der Waals surface area contributed by atoms with Gasteiger partial charge in [-0.25, -0.2) is 4.98 Å². The third kappa shape index (κ3) is 6.35. The Balaban J connectivity index is 1.41. The summed E-state index contributed by atoms with van der Waals surface area (Å²) in [6, 6.07) is 13.7. The molecule has 8 heteroatoms. The van der Waals surface area contributed by atoms with E-state index in [4.69, 9.17) is 11.6 Å².